The zero-order chi connectivity index (χ0) is 8.10. The second kappa shape index (κ2) is 3.50. The molecule has 5 nitrogen and oxygen atoms in total. The highest BCUT2D eigenvalue weighted by molar-refractivity contribution is 5.71. The molecular formula is C6H7N3O2. The van der Waals surface area contributed by atoms with Gasteiger partial charge in [-0.2, -0.15) is 5.48 Å². The van der Waals surface area contributed by atoms with Gasteiger partial charge < -0.3 is 4.84 Å². The summed E-state index contributed by atoms with van der Waals surface area (Å²) in [5.41, 5.74) is 2.10. The lowest BCUT2D eigenvalue weighted by Crippen LogP contribution is -2.24. The molecule has 0 saturated heterocycles. The summed E-state index contributed by atoms with van der Waals surface area (Å²) in [6, 6.07) is 1.78. The van der Waals surface area contributed by atoms with E-state index < -0.39 is 0 Å². The number of carbonyl (C=O) groups excluding carboxylic acids is 1. The minimum Gasteiger partial charge on any atom is -0.337 e. The Kier molecular flexibility index (Phi) is 2.37. The van der Waals surface area contributed by atoms with Crippen LogP contribution in [0.4, 0.5) is 0 Å². The van der Waals surface area contributed by atoms with Crippen LogP contribution in [0.1, 0.15) is 6.92 Å². The maximum absolute atomic E-state index is 10.3. The van der Waals surface area contributed by atoms with Gasteiger partial charge in [0.15, 0.2) is 0 Å². The first-order chi connectivity index (χ1) is 5.29. The van der Waals surface area contributed by atoms with Crippen LogP contribution in [0.15, 0.2) is 18.5 Å². The lowest BCUT2D eigenvalue weighted by Gasteiger charge is -1.99. The van der Waals surface area contributed by atoms with Gasteiger partial charge in [0.25, 0.3) is 0 Å². The monoisotopic (exact) mass is 153 g/mol. The summed E-state index contributed by atoms with van der Waals surface area (Å²) in [6.07, 6.45) is 3.04. The third-order valence-corrected chi connectivity index (χ3v) is 0.828. The van der Waals surface area contributed by atoms with E-state index in [9.17, 15) is 4.79 Å². The topological polar surface area (TPSA) is 64.1 Å². The van der Waals surface area contributed by atoms with E-state index >= 15 is 0 Å². The molecule has 1 heterocycles. The molecule has 0 aliphatic carbocycles. The van der Waals surface area contributed by atoms with Crippen molar-refractivity contribution in [1.29, 1.82) is 0 Å². The van der Waals surface area contributed by atoms with Crippen molar-refractivity contribution in [3.63, 3.8) is 0 Å². The lowest BCUT2D eigenvalue weighted by atomic mass is 10.7. The van der Waals surface area contributed by atoms with Crippen LogP contribution in [-0.2, 0) is 4.79 Å². The second-order valence-corrected chi connectivity index (χ2v) is 1.79. The predicted molar refractivity (Wildman–Crippen MR) is 36.5 cm³/mol. The molecule has 0 radical (unpaired) electrons. The highest BCUT2D eigenvalue weighted by atomic mass is 16.7. The van der Waals surface area contributed by atoms with Gasteiger partial charge in [-0.25, -0.2) is 9.97 Å². The standard InChI is InChI=1S/C6H7N3O2/c1-5(10)9-11-6-7-3-2-4-8-6/h2-4H,1H3,(H,9,10). The van der Waals surface area contributed by atoms with Crippen LogP contribution in [0, 0.1) is 0 Å². The van der Waals surface area contributed by atoms with Gasteiger partial charge in [-0.15, -0.1) is 0 Å². The predicted octanol–water partition coefficient (Wildman–Crippen LogP) is -0.0935. The van der Waals surface area contributed by atoms with Crippen LogP contribution in [0.25, 0.3) is 0 Å². The highest BCUT2D eigenvalue weighted by Gasteiger charge is 1.94. The molecule has 0 spiro atoms. The number of nitrogens with one attached hydrogen (secondary N) is 1. The summed E-state index contributed by atoms with van der Waals surface area (Å²) in [7, 11) is 0. The summed E-state index contributed by atoms with van der Waals surface area (Å²) < 4.78 is 0. The summed E-state index contributed by atoms with van der Waals surface area (Å²) in [6.45, 7) is 1.34. The SMILES string of the molecule is CC(=O)NOc1ncccn1. The maximum atomic E-state index is 10.3. The van der Waals surface area contributed by atoms with Gasteiger partial charge in [-0.3, -0.25) is 4.79 Å². The number of nitrogens with zero attached hydrogens (tertiary/aromatic N) is 2. The van der Waals surface area contributed by atoms with E-state index in [1.807, 2.05) is 0 Å². The van der Waals surface area contributed by atoms with E-state index in [0.29, 0.717) is 0 Å². The van der Waals surface area contributed by atoms with E-state index in [1.165, 1.54) is 19.3 Å². The number of rotatable bonds is 2. The molecule has 1 amide bonds. The van der Waals surface area contributed by atoms with Crippen molar-refractivity contribution in [2.45, 2.75) is 6.92 Å². The first-order valence-corrected chi connectivity index (χ1v) is 2.99. The number of amides is 1. The number of aromatic nitrogens is 2. The van der Waals surface area contributed by atoms with Crippen molar-refractivity contribution in [3.05, 3.63) is 18.5 Å². The molecule has 5 heteroatoms. The minimum absolute atomic E-state index is 0.128. The largest absolute Gasteiger partial charge is 0.342 e. The van der Waals surface area contributed by atoms with E-state index in [2.05, 4.69) is 20.3 Å². The Bertz CT molecular complexity index is 237. The fourth-order valence-corrected chi connectivity index (χ4v) is 0.456. The number of hydrogen-bond acceptors (Lipinski definition) is 4. The third kappa shape index (κ3) is 2.61. The average molecular weight is 153 g/mol. The van der Waals surface area contributed by atoms with Crippen molar-refractivity contribution in [2.75, 3.05) is 0 Å². The van der Waals surface area contributed by atoms with E-state index in [-0.39, 0.29) is 11.9 Å². The minimum atomic E-state index is -0.294. The van der Waals surface area contributed by atoms with E-state index in [4.69, 9.17) is 0 Å². The normalized spacial score (nSPS) is 8.82. The van der Waals surface area contributed by atoms with Crippen molar-refractivity contribution in [1.82, 2.24) is 15.4 Å². The average Bonchev–Trinajstić information content (AvgIpc) is 2.03. The summed E-state index contributed by atoms with van der Waals surface area (Å²) >= 11 is 0. The molecule has 0 bridgehead atoms. The molecule has 0 aliphatic rings. The molecule has 11 heavy (non-hydrogen) atoms. The molecule has 1 aromatic heterocycles. The lowest BCUT2D eigenvalue weighted by molar-refractivity contribution is -0.125. The van der Waals surface area contributed by atoms with Crippen LogP contribution in [-0.4, -0.2) is 15.9 Å². The van der Waals surface area contributed by atoms with Crippen LogP contribution in [0.2, 0.25) is 0 Å². The Morgan fingerprint density at radius 1 is 1.55 bits per heavy atom. The van der Waals surface area contributed by atoms with Crippen molar-refractivity contribution in [3.8, 4) is 6.01 Å². The second-order valence-electron chi connectivity index (χ2n) is 1.79. The summed E-state index contributed by atoms with van der Waals surface area (Å²) in [5.74, 6) is -0.294. The fraction of sp³-hybridized carbons (Fsp3) is 0.167. The Labute approximate surface area is 63.4 Å². The Morgan fingerprint density at radius 2 is 2.18 bits per heavy atom. The molecular weight excluding hydrogens is 146 g/mol. The molecule has 58 valence electrons. The van der Waals surface area contributed by atoms with Crippen molar-refractivity contribution < 1.29 is 9.63 Å². The van der Waals surface area contributed by atoms with Gasteiger partial charge in [0, 0.05) is 19.3 Å². The maximum Gasteiger partial charge on any atom is 0.342 e. The molecule has 0 aromatic carbocycles. The fourth-order valence-electron chi connectivity index (χ4n) is 0.456. The number of hydroxylamine groups is 1. The van der Waals surface area contributed by atoms with Crippen LogP contribution in [0.5, 0.6) is 6.01 Å². The van der Waals surface area contributed by atoms with Crippen LogP contribution < -0.4 is 10.3 Å². The van der Waals surface area contributed by atoms with Crippen LogP contribution in [0.3, 0.4) is 0 Å². The zero-order valence-electron chi connectivity index (χ0n) is 5.94. The molecule has 0 aliphatic heterocycles. The quantitative estimate of drug-likeness (QED) is 0.603. The first-order valence-electron chi connectivity index (χ1n) is 2.99. The molecule has 0 fully saturated rings. The van der Waals surface area contributed by atoms with Gasteiger partial charge in [0.2, 0.25) is 5.91 Å². The summed E-state index contributed by atoms with van der Waals surface area (Å²) in [5, 5.41) is 0. The summed E-state index contributed by atoms with van der Waals surface area (Å²) in [4.78, 5) is 22.4. The Balaban J connectivity index is 2.45. The van der Waals surface area contributed by atoms with Crippen molar-refractivity contribution in [2.24, 2.45) is 0 Å². The molecule has 1 aromatic rings. The van der Waals surface area contributed by atoms with E-state index in [1.54, 1.807) is 6.07 Å². The number of carbonyl (C=O) groups is 1. The van der Waals surface area contributed by atoms with Gasteiger partial charge >= 0.3 is 6.01 Å². The molecule has 1 N–H and O–H groups in total. The molecule has 0 saturated carbocycles. The highest BCUT2D eigenvalue weighted by Crippen LogP contribution is 1.93. The van der Waals surface area contributed by atoms with Gasteiger partial charge in [-0.05, 0) is 6.07 Å². The zero-order valence-corrected chi connectivity index (χ0v) is 5.94. The van der Waals surface area contributed by atoms with Gasteiger partial charge in [-0.1, -0.05) is 0 Å². The molecule has 0 unspecified atom stereocenters. The van der Waals surface area contributed by atoms with Crippen molar-refractivity contribution >= 4 is 5.91 Å². The van der Waals surface area contributed by atoms with E-state index in [0.717, 1.165) is 0 Å². The van der Waals surface area contributed by atoms with Gasteiger partial charge in [0.1, 0.15) is 0 Å². The first kappa shape index (κ1) is 7.46. The third-order valence-electron chi connectivity index (χ3n) is 0.828. The van der Waals surface area contributed by atoms with Gasteiger partial charge in [0.05, 0.1) is 0 Å². The Hall–Kier alpha value is -1.65. The Morgan fingerprint density at radius 3 is 2.73 bits per heavy atom. The van der Waals surface area contributed by atoms with Crippen LogP contribution >= 0.6 is 0 Å². The number of hydrogen-bond donors (Lipinski definition) is 1. The smallest absolute Gasteiger partial charge is 0.337 e. The molecule has 0 atom stereocenters. The molecule has 1 rings (SSSR count).